The van der Waals surface area contributed by atoms with Gasteiger partial charge in [-0.05, 0) is 22.6 Å². The summed E-state index contributed by atoms with van der Waals surface area (Å²) in [7, 11) is 1.88. The van der Waals surface area contributed by atoms with Gasteiger partial charge in [0.05, 0.1) is 10.6 Å². The smallest absolute Gasteiger partial charge is 0.244 e. The molecule has 0 spiro atoms. The van der Waals surface area contributed by atoms with Gasteiger partial charge >= 0.3 is 0 Å². The summed E-state index contributed by atoms with van der Waals surface area (Å²) < 4.78 is 2.80. The van der Waals surface area contributed by atoms with Crippen LogP contribution in [0.25, 0.3) is 11.5 Å². The summed E-state index contributed by atoms with van der Waals surface area (Å²) in [4.78, 5) is 16.2. The Morgan fingerprint density at radius 2 is 2.00 bits per heavy atom. The summed E-state index contributed by atoms with van der Waals surface area (Å²) in [6.07, 6.45) is 6.47. The lowest BCUT2D eigenvalue weighted by Gasteiger charge is -1.99. The maximum Gasteiger partial charge on any atom is 0.292 e. The Hall–Kier alpha value is -1.18. The highest BCUT2D eigenvalue weighted by molar-refractivity contribution is 14.1. The first-order chi connectivity index (χ1) is 6.79. The predicted octanol–water partition coefficient (Wildman–Crippen LogP) is 0.363. The lowest BCUT2D eigenvalue weighted by molar-refractivity contribution is -0.666. The van der Waals surface area contributed by atoms with Crippen LogP contribution in [0.15, 0.2) is 25.2 Å². The zero-order valence-electron chi connectivity index (χ0n) is 7.42. The maximum atomic E-state index is 4.18. The molecule has 0 unspecified atom stereocenters. The van der Waals surface area contributed by atoms with Gasteiger partial charge in [0.1, 0.15) is 6.33 Å². The molecule has 6 heteroatoms. The number of rotatable bonds is 1. The molecule has 0 aliphatic carbocycles. The molecule has 5 nitrogen and oxygen atoms in total. The van der Waals surface area contributed by atoms with Crippen LogP contribution in [-0.4, -0.2) is 19.9 Å². The largest absolute Gasteiger partial charge is 0.292 e. The molecule has 0 radical (unpaired) electrons. The van der Waals surface area contributed by atoms with Gasteiger partial charge in [0, 0.05) is 6.20 Å². The molecule has 0 saturated heterocycles. The Bertz CT molecular complexity index is 415. The molecular weight excluding hydrogens is 293 g/mol. The Morgan fingerprint density at radius 3 is 2.71 bits per heavy atom. The van der Waals surface area contributed by atoms with E-state index < -0.39 is 0 Å². The van der Waals surface area contributed by atoms with E-state index in [1.165, 1.54) is 12.7 Å². The summed E-state index contributed by atoms with van der Waals surface area (Å²) in [5.41, 5.74) is 0.825. The number of aryl methyl sites for hydroxylation is 1. The highest BCUT2D eigenvalue weighted by Crippen LogP contribution is 2.15. The molecule has 0 fully saturated rings. The quantitative estimate of drug-likeness (QED) is 0.564. The minimum Gasteiger partial charge on any atom is -0.244 e. The molecule has 2 aromatic heterocycles. The molecular formula is C8H7IN5+. The molecule has 0 amide bonds. The Balaban J connectivity index is 2.61. The monoisotopic (exact) mass is 300 g/mol. The fourth-order valence-corrected chi connectivity index (χ4v) is 1.61. The lowest BCUT2D eigenvalue weighted by atomic mass is 10.4. The van der Waals surface area contributed by atoms with Crippen molar-refractivity contribution < 1.29 is 4.57 Å². The average Bonchev–Trinajstić information content (AvgIpc) is 2.20. The van der Waals surface area contributed by atoms with Gasteiger partial charge in [-0.15, -0.1) is 0 Å². The molecule has 70 valence electrons. The number of halogens is 1. The van der Waals surface area contributed by atoms with Crippen molar-refractivity contribution in [2.75, 3.05) is 0 Å². The van der Waals surface area contributed by atoms with Gasteiger partial charge in [-0.2, -0.15) is 0 Å². The minimum absolute atomic E-state index is 0.784. The van der Waals surface area contributed by atoms with Crippen LogP contribution >= 0.6 is 22.6 Å². The van der Waals surface area contributed by atoms with Crippen LogP contribution in [0.1, 0.15) is 0 Å². The van der Waals surface area contributed by atoms with Crippen LogP contribution in [0, 0.1) is 3.57 Å². The molecule has 0 atom stereocenters. The highest BCUT2D eigenvalue weighted by atomic mass is 127. The van der Waals surface area contributed by atoms with Crippen LogP contribution in [0.4, 0.5) is 0 Å². The number of hydrogen-bond acceptors (Lipinski definition) is 4. The number of hydrogen-bond donors (Lipinski definition) is 0. The molecule has 2 heterocycles. The summed E-state index contributed by atoms with van der Waals surface area (Å²) >= 11 is 2.18. The molecule has 0 aliphatic heterocycles. The maximum absolute atomic E-state index is 4.18. The van der Waals surface area contributed by atoms with Crippen molar-refractivity contribution in [2.24, 2.45) is 7.05 Å². The van der Waals surface area contributed by atoms with Crippen molar-refractivity contribution in [1.29, 1.82) is 0 Å². The summed E-state index contributed by atoms with van der Waals surface area (Å²) in [5.74, 6) is 0.784. The van der Waals surface area contributed by atoms with Gasteiger partial charge in [0.2, 0.25) is 6.33 Å². The van der Waals surface area contributed by atoms with Gasteiger partial charge in [0.15, 0.2) is 5.69 Å². The van der Waals surface area contributed by atoms with Crippen molar-refractivity contribution in [3.8, 4) is 11.5 Å². The molecule has 2 aromatic rings. The predicted molar refractivity (Wildman–Crippen MR) is 57.0 cm³/mol. The lowest BCUT2D eigenvalue weighted by Crippen LogP contribution is -2.33. The standard InChI is InChI=1S/C8H7IN5/c1-14-5-11-4-13-8(14)7-6(9)2-10-3-12-7/h2-5H,1H3/q+1. The SMILES string of the molecule is C[n+]1cncnc1-c1ncncc1I. The Morgan fingerprint density at radius 1 is 1.21 bits per heavy atom. The first kappa shape index (κ1) is 9.38. The van der Waals surface area contributed by atoms with Gasteiger partial charge < -0.3 is 0 Å². The summed E-state index contributed by atoms with van der Waals surface area (Å²) in [5, 5.41) is 0. The second-order valence-corrected chi connectivity index (χ2v) is 3.83. The number of nitrogens with zero attached hydrogens (tertiary/aromatic N) is 5. The highest BCUT2D eigenvalue weighted by Gasteiger charge is 2.14. The van der Waals surface area contributed by atoms with Crippen molar-refractivity contribution in [2.45, 2.75) is 0 Å². The molecule has 0 bridgehead atoms. The number of aromatic nitrogens is 5. The van der Waals surface area contributed by atoms with Gasteiger partial charge in [0.25, 0.3) is 12.2 Å². The van der Waals surface area contributed by atoms with E-state index in [9.17, 15) is 0 Å². The van der Waals surface area contributed by atoms with E-state index in [0.29, 0.717) is 0 Å². The fraction of sp³-hybridized carbons (Fsp3) is 0.125. The van der Waals surface area contributed by atoms with Crippen molar-refractivity contribution in [3.05, 3.63) is 28.7 Å². The van der Waals surface area contributed by atoms with Crippen molar-refractivity contribution >= 4 is 22.6 Å². The normalized spacial score (nSPS) is 10.1. The topological polar surface area (TPSA) is 55.4 Å². The van der Waals surface area contributed by atoms with Gasteiger partial charge in [-0.3, -0.25) is 0 Å². The third-order valence-electron chi connectivity index (χ3n) is 1.70. The fourth-order valence-electron chi connectivity index (χ4n) is 1.07. The van der Waals surface area contributed by atoms with Crippen molar-refractivity contribution in [3.63, 3.8) is 0 Å². The van der Waals surface area contributed by atoms with Crippen LogP contribution in [0.3, 0.4) is 0 Å². The first-order valence-electron chi connectivity index (χ1n) is 3.90. The van der Waals surface area contributed by atoms with Gasteiger partial charge in [-0.25, -0.2) is 14.5 Å². The van der Waals surface area contributed by atoms with Crippen LogP contribution in [0.5, 0.6) is 0 Å². The summed E-state index contributed by atoms with van der Waals surface area (Å²) in [6.45, 7) is 0. The van der Waals surface area contributed by atoms with Crippen LogP contribution in [0.2, 0.25) is 0 Å². The van der Waals surface area contributed by atoms with Crippen LogP contribution in [-0.2, 0) is 7.05 Å². The van der Waals surface area contributed by atoms with E-state index in [1.807, 2.05) is 11.6 Å². The molecule has 14 heavy (non-hydrogen) atoms. The molecule has 0 saturated carbocycles. The third kappa shape index (κ3) is 1.69. The van der Waals surface area contributed by atoms with E-state index in [-0.39, 0.29) is 0 Å². The molecule has 0 N–H and O–H groups in total. The van der Waals surface area contributed by atoms with E-state index in [0.717, 1.165) is 15.1 Å². The summed E-state index contributed by atoms with van der Waals surface area (Å²) in [6, 6.07) is 0. The van der Waals surface area contributed by atoms with E-state index in [2.05, 4.69) is 42.5 Å². The third-order valence-corrected chi connectivity index (χ3v) is 2.49. The van der Waals surface area contributed by atoms with E-state index >= 15 is 0 Å². The second-order valence-electron chi connectivity index (χ2n) is 2.66. The second kappa shape index (κ2) is 3.91. The van der Waals surface area contributed by atoms with Crippen LogP contribution < -0.4 is 4.57 Å². The minimum atomic E-state index is 0.784. The molecule has 0 aromatic carbocycles. The zero-order valence-corrected chi connectivity index (χ0v) is 9.58. The van der Waals surface area contributed by atoms with E-state index in [1.54, 1.807) is 12.5 Å². The average molecular weight is 300 g/mol. The van der Waals surface area contributed by atoms with E-state index in [4.69, 9.17) is 0 Å². The first-order valence-corrected chi connectivity index (χ1v) is 4.98. The Kier molecular flexibility index (Phi) is 2.62. The van der Waals surface area contributed by atoms with Crippen molar-refractivity contribution in [1.82, 2.24) is 19.9 Å². The molecule has 0 aliphatic rings. The van der Waals surface area contributed by atoms with Gasteiger partial charge in [-0.1, -0.05) is 9.97 Å². The zero-order chi connectivity index (χ0) is 9.97. The Labute approximate surface area is 94.4 Å². The molecule has 2 rings (SSSR count).